The van der Waals surface area contributed by atoms with Crippen LogP contribution in [-0.4, -0.2) is 49.9 Å². The normalized spacial score (nSPS) is 14.7. The SMILES string of the molecule is C[C@H](CC(=O)[C@@H](CCc1ccccc1)NCc1ccc(N2CCOCC2)cc1)C(=O)NCc1ccc(C(=N)N)cc1. The summed E-state index contributed by atoms with van der Waals surface area (Å²) in [6, 6.07) is 25.5. The first kappa shape index (κ1) is 30.0. The maximum Gasteiger partial charge on any atom is 0.223 e. The summed E-state index contributed by atoms with van der Waals surface area (Å²) in [6.07, 6.45) is 1.60. The van der Waals surface area contributed by atoms with E-state index in [1.165, 1.54) is 11.3 Å². The molecule has 216 valence electrons. The van der Waals surface area contributed by atoms with Crippen molar-refractivity contribution in [1.29, 1.82) is 5.41 Å². The largest absolute Gasteiger partial charge is 0.384 e. The Morgan fingerprint density at radius 2 is 1.54 bits per heavy atom. The summed E-state index contributed by atoms with van der Waals surface area (Å²) >= 11 is 0. The number of morpholine rings is 1. The summed E-state index contributed by atoms with van der Waals surface area (Å²) in [4.78, 5) is 28.6. The van der Waals surface area contributed by atoms with Crippen molar-refractivity contribution in [2.75, 3.05) is 31.2 Å². The highest BCUT2D eigenvalue weighted by molar-refractivity contribution is 5.95. The molecule has 0 radical (unpaired) electrons. The predicted molar refractivity (Wildman–Crippen MR) is 163 cm³/mol. The van der Waals surface area contributed by atoms with Gasteiger partial charge in [0.15, 0.2) is 5.78 Å². The lowest BCUT2D eigenvalue weighted by Gasteiger charge is -2.29. The monoisotopic (exact) mass is 555 g/mol. The van der Waals surface area contributed by atoms with E-state index in [0.717, 1.165) is 43.9 Å². The number of ether oxygens (including phenoxy) is 1. The highest BCUT2D eigenvalue weighted by Gasteiger charge is 2.23. The Morgan fingerprint density at radius 3 is 2.20 bits per heavy atom. The van der Waals surface area contributed by atoms with Gasteiger partial charge < -0.3 is 26.0 Å². The van der Waals surface area contributed by atoms with Crippen molar-refractivity contribution >= 4 is 23.2 Å². The number of hydrogen-bond donors (Lipinski definition) is 4. The number of hydrogen-bond acceptors (Lipinski definition) is 6. The number of carbonyl (C=O) groups excluding carboxylic acids is 2. The van der Waals surface area contributed by atoms with Crippen molar-refractivity contribution in [2.24, 2.45) is 11.7 Å². The van der Waals surface area contributed by atoms with Crippen LogP contribution in [-0.2, 0) is 33.8 Å². The van der Waals surface area contributed by atoms with E-state index in [1.807, 2.05) is 30.3 Å². The second-order valence-corrected chi connectivity index (χ2v) is 10.6. The van der Waals surface area contributed by atoms with Crippen molar-refractivity contribution in [3.8, 4) is 0 Å². The van der Waals surface area contributed by atoms with Crippen LogP contribution in [0.15, 0.2) is 78.9 Å². The van der Waals surface area contributed by atoms with Crippen LogP contribution >= 0.6 is 0 Å². The molecule has 1 saturated heterocycles. The number of anilines is 1. The molecule has 5 N–H and O–H groups in total. The van der Waals surface area contributed by atoms with E-state index in [1.54, 1.807) is 19.1 Å². The number of amides is 1. The van der Waals surface area contributed by atoms with Gasteiger partial charge in [-0.25, -0.2) is 0 Å². The van der Waals surface area contributed by atoms with Gasteiger partial charge in [0.1, 0.15) is 5.84 Å². The molecular formula is C33H41N5O3. The van der Waals surface area contributed by atoms with Gasteiger partial charge >= 0.3 is 0 Å². The summed E-state index contributed by atoms with van der Waals surface area (Å²) in [5, 5.41) is 13.9. The summed E-state index contributed by atoms with van der Waals surface area (Å²) < 4.78 is 5.46. The van der Waals surface area contributed by atoms with Crippen molar-refractivity contribution < 1.29 is 14.3 Å². The lowest BCUT2D eigenvalue weighted by molar-refractivity contribution is -0.129. The van der Waals surface area contributed by atoms with Crippen molar-refractivity contribution in [1.82, 2.24) is 10.6 Å². The molecule has 1 fully saturated rings. The van der Waals surface area contributed by atoms with Crippen LogP contribution in [0.3, 0.4) is 0 Å². The molecule has 2 atom stereocenters. The van der Waals surface area contributed by atoms with Gasteiger partial charge in [-0.2, -0.15) is 0 Å². The van der Waals surface area contributed by atoms with Gasteiger partial charge in [0.05, 0.1) is 19.3 Å². The van der Waals surface area contributed by atoms with Crippen LogP contribution in [0.25, 0.3) is 0 Å². The van der Waals surface area contributed by atoms with Gasteiger partial charge in [-0.05, 0) is 41.7 Å². The number of rotatable bonds is 14. The summed E-state index contributed by atoms with van der Waals surface area (Å²) in [5.41, 5.74) is 10.5. The van der Waals surface area contributed by atoms with Gasteiger partial charge in [0.25, 0.3) is 0 Å². The zero-order chi connectivity index (χ0) is 29.0. The number of nitrogens with one attached hydrogen (secondary N) is 3. The molecular weight excluding hydrogens is 514 g/mol. The number of ketones is 1. The smallest absolute Gasteiger partial charge is 0.223 e. The summed E-state index contributed by atoms with van der Waals surface area (Å²) in [5.74, 6) is -0.560. The molecule has 0 bridgehead atoms. The first-order chi connectivity index (χ1) is 19.9. The van der Waals surface area contributed by atoms with Crippen molar-refractivity contribution in [3.63, 3.8) is 0 Å². The zero-order valence-electron chi connectivity index (χ0n) is 23.8. The highest BCUT2D eigenvalue weighted by Crippen LogP contribution is 2.18. The summed E-state index contributed by atoms with van der Waals surface area (Å²) in [7, 11) is 0. The first-order valence-corrected chi connectivity index (χ1v) is 14.3. The molecule has 3 aromatic rings. The first-order valence-electron chi connectivity index (χ1n) is 14.3. The average Bonchev–Trinajstić information content (AvgIpc) is 3.01. The molecule has 0 aliphatic carbocycles. The number of nitrogen functional groups attached to an aromatic ring is 1. The minimum Gasteiger partial charge on any atom is -0.384 e. The van der Waals surface area contributed by atoms with Crippen LogP contribution in [0.1, 0.15) is 42.0 Å². The molecule has 4 rings (SSSR count). The maximum atomic E-state index is 13.4. The molecule has 8 nitrogen and oxygen atoms in total. The van der Waals surface area contributed by atoms with E-state index in [-0.39, 0.29) is 30.0 Å². The Hall–Kier alpha value is -4.01. The molecule has 1 aliphatic heterocycles. The number of aryl methyl sites for hydroxylation is 1. The standard InChI is InChI=1S/C33H41N5O3/c1-24(33(40)37-23-26-7-12-28(13-8-26)32(34)35)21-31(39)30(16-11-25-5-3-2-4-6-25)36-22-27-9-14-29(15-10-27)38-17-19-41-20-18-38/h2-10,12-15,24,30,36H,11,16-23H2,1H3,(H3,34,35)(H,37,40)/t24-,30-/m1/s1. The number of amidine groups is 1. The van der Waals surface area contributed by atoms with Gasteiger partial charge in [0.2, 0.25) is 5.91 Å². The lowest BCUT2D eigenvalue weighted by Crippen LogP contribution is -2.39. The van der Waals surface area contributed by atoms with Crippen LogP contribution in [0, 0.1) is 11.3 Å². The fourth-order valence-electron chi connectivity index (χ4n) is 4.92. The van der Waals surface area contributed by atoms with E-state index in [4.69, 9.17) is 15.9 Å². The highest BCUT2D eigenvalue weighted by atomic mass is 16.5. The molecule has 8 heteroatoms. The fourth-order valence-corrected chi connectivity index (χ4v) is 4.92. The molecule has 0 unspecified atom stereocenters. The minimum atomic E-state index is -0.451. The number of carbonyl (C=O) groups is 2. The second kappa shape index (κ2) is 15.1. The van der Waals surface area contributed by atoms with Crippen molar-refractivity contribution in [2.45, 2.75) is 45.3 Å². The molecule has 0 saturated carbocycles. The van der Waals surface area contributed by atoms with Crippen LogP contribution in [0.4, 0.5) is 5.69 Å². The Morgan fingerprint density at radius 1 is 0.902 bits per heavy atom. The number of benzene rings is 3. The number of nitrogens with zero attached hydrogens (tertiary/aromatic N) is 1. The van der Waals surface area contributed by atoms with Crippen LogP contribution in [0.5, 0.6) is 0 Å². The Labute approximate surface area is 242 Å². The predicted octanol–water partition coefficient (Wildman–Crippen LogP) is 3.81. The molecule has 3 aromatic carbocycles. The van der Waals surface area contributed by atoms with Crippen molar-refractivity contribution in [3.05, 3.63) is 101 Å². The average molecular weight is 556 g/mol. The fraction of sp³-hybridized carbons (Fsp3) is 0.364. The second-order valence-electron chi connectivity index (χ2n) is 10.6. The topological polar surface area (TPSA) is 121 Å². The molecule has 1 amide bonds. The number of nitrogens with two attached hydrogens (primary N) is 1. The number of Topliss-reactive ketones (excluding diaryl/α,β-unsaturated/α-hetero) is 1. The lowest BCUT2D eigenvalue weighted by atomic mass is 9.95. The Bertz CT molecular complexity index is 1270. The van der Waals surface area contributed by atoms with Gasteiger partial charge in [0, 0.05) is 49.8 Å². The van der Waals surface area contributed by atoms with Gasteiger partial charge in [-0.1, -0.05) is 73.7 Å². The quantitative estimate of drug-likeness (QED) is 0.177. The van der Waals surface area contributed by atoms with E-state index < -0.39 is 5.92 Å². The van der Waals surface area contributed by atoms with Crippen LogP contribution in [0.2, 0.25) is 0 Å². The Balaban J connectivity index is 1.32. The van der Waals surface area contributed by atoms with Gasteiger partial charge in [-0.3, -0.25) is 15.0 Å². The van der Waals surface area contributed by atoms with E-state index >= 15 is 0 Å². The molecule has 41 heavy (non-hydrogen) atoms. The third-order valence-electron chi connectivity index (χ3n) is 7.50. The third-order valence-corrected chi connectivity index (χ3v) is 7.50. The zero-order valence-corrected chi connectivity index (χ0v) is 23.8. The minimum absolute atomic E-state index is 0.00755. The maximum absolute atomic E-state index is 13.4. The van der Waals surface area contributed by atoms with Gasteiger partial charge in [-0.15, -0.1) is 0 Å². The summed E-state index contributed by atoms with van der Waals surface area (Å²) in [6.45, 7) is 6.01. The molecule has 0 spiro atoms. The Kier molecular flexibility index (Phi) is 11.0. The van der Waals surface area contributed by atoms with E-state index in [0.29, 0.717) is 25.1 Å². The molecule has 1 heterocycles. The third kappa shape index (κ3) is 9.27. The van der Waals surface area contributed by atoms with E-state index in [2.05, 4.69) is 51.9 Å². The molecule has 1 aliphatic rings. The molecule has 0 aromatic heterocycles. The van der Waals surface area contributed by atoms with E-state index in [9.17, 15) is 9.59 Å². The van der Waals surface area contributed by atoms with Crippen LogP contribution < -0.4 is 21.3 Å².